The number of nitrogens with one attached hydrogen (secondary N) is 1. The first-order chi connectivity index (χ1) is 6.81. The van der Waals surface area contributed by atoms with Gasteiger partial charge in [-0.3, -0.25) is 0 Å². The Kier molecular flexibility index (Phi) is 10.9. The van der Waals surface area contributed by atoms with E-state index in [2.05, 4.69) is 17.3 Å². The summed E-state index contributed by atoms with van der Waals surface area (Å²) in [6.45, 7) is 4.39. The van der Waals surface area contributed by atoms with Gasteiger partial charge in [-0.15, -0.1) is 0 Å². The molecule has 0 spiro atoms. The molecule has 14 heavy (non-hydrogen) atoms. The molecule has 0 saturated carbocycles. The lowest BCUT2D eigenvalue weighted by Crippen LogP contribution is -2.22. The molecule has 0 amide bonds. The first-order valence-corrected chi connectivity index (χ1v) is 5.63. The summed E-state index contributed by atoms with van der Waals surface area (Å²) in [6, 6.07) is 0. The lowest BCUT2D eigenvalue weighted by molar-refractivity contribution is 0.179. The van der Waals surface area contributed by atoms with Gasteiger partial charge in [0.05, 0.1) is 0 Å². The molecule has 0 rings (SSSR count). The van der Waals surface area contributed by atoms with Crippen molar-refractivity contribution < 1.29 is 4.74 Å². The maximum atomic E-state index is 5.01. The highest BCUT2D eigenvalue weighted by Gasteiger charge is 1.97. The van der Waals surface area contributed by atoms with Crippen LogP contribution in [0.15, 0.2) is 0 Å². The fourth-order valence-corrected chi connectivity index (χ4v) is 1.45. The van der Waals surface area contributed by atoms with Crippen LogP contribution in [0.4, 0.5) is 0 Å². The van der Waals surface area contributed by atoms with Crippen LogP contribution in [0.25, 0.3) is 0 Å². The van der Waals surface area contributed by atoms with E-state index in [0.29, 0.717) is 0 Å². The predicted octanol–water partition coefficient (Wildman–Crippen LogP) is 1.34. The number of rotatable bonds is 10. The van der Waals surface area contributed by atoms with Crippen LogP contribution in [0.2, 0.25) is 0 Å². The van der Waals surface area contributed by atoms with Crippen LogP contribution in [-0.2, 0) is 4.74 Å². The van der Waals surface area contributed by atoms with Gasteiger partial charge < -0.3 is 15.0 Å². The van der Waals surface area contributed by atoms with E-state index < -0.39 is 0 Å². The molecule has 0 fully saturated rings. The third kappa shape index (κ3) is 9.96. The Bertz CT molecular complexity index is 109. The smallest absolute Gasteiger partial charge is 0.0474 e. The number of hydrogen-bond donors (Lipinski definition) is 1. The Hall–Kier alpha value is -0.120. The van der Waals surface area contributed by atoms with E-state index in [1.54, 1.807) is 7.11 Å². The summed E-state index contributed by atoms with van der Waals surface area (Å²) in [5.41, 5.74) is 0. The van der Waals surface area contributed by atoms with E-state index >= 15 is 0 Å². The summed E-state index contributed by atoms with van der Waals surface area (Å²) < 4.78 is 5.01. The number of hydrogen-bond acceptors (Lipinski definition) is 3. The van der Waals surface area contributed by atoms with Crippen LogP contribution in [0.5, 0.6) is 0 Å². The van der Waals surface area contributed by atoms with Crippen molar-refractivity contribution in [3.8, 4) is 0 Å². The highest BCUT2D eigenvalue weighted by Crippen LogP contribution is 1.97. The average Bonchev–Trinajstić information content (AvgIpc) is 2.18. The SMILES string of the molecule is CNCCCCCN(C)CCCOC. The topological polar surface area (TPSA) is 24.5 Å². The minimum Gasteiger partial charge on any atom is -0.385 e. The zero-order valence-electron chi connectivity index (χ0n) is 10.0. The van der Waals surface area contributed by atoms with Crippen LogP contribution in [0.1, 0.15) is 25.7 Å². The van der Waals surface area contributed by atoms with Crippen molar-refractivity contribution in [2.24, 2.45) is 0 Å². The van der Waals surface area contributed by atoms with Gasteiger partial charge >= 0.3 is 0 Å². The van der Waals surface area contributed by atoms with Gasteiger partial charge in [0.1, 0.15) is 0 Å². The fourth-order valence-electron chi connectivity index (χ4n) is 1.45. The molecule has 0 aliphatic carbocycles. The molecule has 86 valence electrons. The number of methoxy groups -OCH3 is 1. The zero-order valence-corrected chi connectivity index (χ0v) is 10.0. The van der Waals surface area contributed by atoms with Gasteiger partial charge in [-0.1, -0.05) is 6.42 Å². The van der Waals surface area contributed by atoms with E-state index in [1.165, 1.54) is 25.8 Å². The van der Waals surface area contributed by atoms with Crippen molar-refractivity contribution in [3.63, 3.8) is 0 Å². The summed E-state index contributed by atoms with van der Waals surface area (Å²) in [7, 11) is 5.96. The first kappa shape index (κ1) is 13.9. The summed E-state index contributed by atoms with van der Waals surface area (Å²) in [6.07, 6.45) is 5.08. The third-order valence-corrected chi connectivity index (χ3v) is 2.35. The summed E-state index contributed by atoms with van der Waals surface area (Å²) in [4.78, 5) is 2.39. The molecule has 0 aromatic heterocycles. The van der Waals surface area contributed by atoms with Gasteiger partial charge in [-0.25, -0.2) is 0 Å². The highest BCUT2D eigenvalue weighted by atomic mass is 16.5. The molecule has 0 atom stereocenters. The average molecular weight is 202 g/mol. The maximum absolute atomic E-state index is 5.01. The Labute approximate surface area is 88.8 Å². The van der Waals surface area contributed by atoms with Gasteiger partial charge in [0.25, 0.3) is 0 Å². The molecule has 1 N–H and O–H groups in total. The highest BCUT2D eigenvalue weighted by molar-refractivity contribution is 4.53. The minimum atomic E-state index is 0.879. The molecule has 0 aliphatic rings. The molecule has 3 heteroatoms. The molecule has 0 saturated heterocycles. The summed E-state index contributed by atoms with van der Waals surface area (Å²) in [5, 5.41) is 3.17. The standard InChI is InChI=1S/C11H26N2O/c1-12-8-5-4-6-9-13(2)10-7-11-14-3/h12H,4-11H2,1-3H3. The molecular weight excluding hydrogens is 176 g/mol. The molecule has 0 bridgehead atoms. The van der Waals surface area contributed by atoms with Crippen LogP contribution < -0.4 is 5.32 Å². The van der Waals surface area contributed by atoms with Crippen LogP contribution in [0, 0.1) is 0 Å². The molecule has 0 unspecified atom stereocenters. The van der Waals surface area contributed by atoms with Crippen LogP contribution >= 0.6 is 0 Å². The summed E-state index contributed by atoms with van der Waals surface area (Å²) >= 11 is 0. The molecule has 0 aromatic carbocycles. The summed E-state index contributed by atoms with van der Waals surface area (Å²) in [5.74, 6) is 0. The van der Waals surface area contributed by atoms with Gasteiger partial charge in [0, 0.05) is 20.3 Å². The monoisotopic (exact) mass is 202 g/mol. The zero-order chi connectivity index (χ0) is 10.6. The van der Waals surface area contributed by atoms with Crippen LogP contribution in [0.3, 0.4) is 0 Å². The van der Waals surface area contributed by atoms with Crippen molar-refractivity contribution in [2.45, 2.75) is 25.7 Å². The van der Waals surface area contributed by atoms with E-state index in [1.807, 2.05) is 7.05 Å². The largest absolute Gasteiger partial charge is 0.385 e. The van der Waals surface area contributed by atoms with Gasteiger partial charge in [-0.2, -0.15) is 0 Å². The Morgan fingerprint density at radius 1 is 1.07 bits per heavy atom. The van der Waals surface area contributed by atoms with Crippen molar-refractivity contribution in [3.05, 3.63) is 0 Å². The first-order valence-electron chi connectivity index (χ1n) is 5.63. The Balaban J connectivity index is 3.06. The minimum absolute atomic E-state index is 0.879. The second-order valence-electron chi connectivity index (χ2n) is 3.81. The van der Waals surface area contributed by atoms with Crippen molar-refractivity contribution in [2.75, 3.05) is 47.4 Å². The van der Waals surface area contributed by atoms with Gasteiger partial charge in [0.15, 0.2) is 0 Å². The molecule has 0 heterocycles. The van der Waals surface area contributed by atoms with Gasteiger partial charge in [0.2, 0.25) is 0 Å². The Morgan fingerprint density at radius 2 is 1.79 bits per heavy atom. The molecule has 3 nitrogen and oxygen atoms in total. The van der Waals surface area contributed by atoms with Crippen molar-refractivity contribution >= 4 is 0 Å². The quantitative estimate of drug-likeness (QED) is 0.541. The predicted molar refractivity (Wildman–Crippen MR) is 61.8 cm³/mol. The van der Waals surface area contributed by atoms with Crippen molar-refractivity contribution in [1.29, 1.82) is 0 Å². The maximum Gasteiger partial charge on any atom is 0.0474 e. The van der Waals surface area contributed by atoms with E-state index in [-0.39, 0.29) is 0 Å². The number of ether oxygens (including phenoxy) is 1. The van der Waals surface area contributed by atoms with Crippen LogP contribution in [-0.4, -0.2) is 52.3 Å². The molecular formula is C11H26N2O. The number of nitrogens with zero attached hydrogens (tertiary/aromatic N) is 1. The molecule has 0 radical (unpaired) electrons. The van der Waals surface area contributed by atoms with Gasteiger partial charge in [-0.05, 0) is 46.4 Å². The number of unbranched alkanes of at least 4 members (excludes halogenated alkanes) is 2. The third-order valence-electron chi connectivity index (χ3n) is 2.35. The van der Waals surface area contributed by atoms with E-state index in [9.17, 15) is 0 Å². The van der Waals surface area contributed by atoms with E-state index in [4.69, 9.17) is 4.74 Å². The fraction of sp³-hybridized carbons (Fsp3) is 1.00. The lowest BCUT2D eigenvalue weighted by atomic mass is 10.2. The molecule has 0 aliphatic heterocycles. The second-order valence-corrected chi connectivity index (χ2v) is 3.81. The van der Waals surface area contributed by atoms with E-state index in [0.717, 1.165) is 26.1 Å². The van der Waals surface area contributed by atoms with Crippen molar-refractivity contribution in [1.82, 2.24) is 10.2 Å². The Morgan fingerprint density at radius 3 is 2.43 bits per heavy atom. The second kappa shape index (κ2) is 11.0. The normalized spacial score (nSPS) is 11.1. The molecule has 0 aromatic rings. The lowest BCUT2D eigenvalue weighted by Gasteiger charge is -2.15.